The Bertz CT molecular complexity index is 516. The van der Waals surface area contributed by atoms with Crippen molar-refractivity contribution in [2.75, 3.05) is 29.9 Å². The molecule has 0 atom stereocenters. The lowest BCUT2D eigenvalue weighted by Crippen LogP contribution is -2.20. The molecule has 2 aromatic heterocycles. The zero-order valence-corrected chi connectivity index (χ0v) is 10.8. The molecule has 3 rings (SSSR count). The Morgan fingerprint density at radius 1 is 1.35 bits per heavy atom. The van der Waals surface area contributed by atoms with Gasteiger partial charge in [0.15, 0.2) is 0 Å². The van der Waals surface area contributed by atoms with Gasteiger partial charge in [0.1, 0.15) is 10.6 Å². The van der Waals surface area contributed by atoms with E-state index in [1.807, 2.05) is 0 Å². The summed E-state index contributed by atoms with van der Waals surface area (Å²) in [6.07, 6.45) is 2.54. The minimum Gasteiger partial charge on any atom is -0.356 e. The Morgan fingerprint density at radius 3 is 2.94 bits per heavy atom. The molecule has 1 saturated heterocycles. The van der Waals surface area contributed by atoms with E-state index in [4.69, 9.17) is 0 Å². The van der Waals surface area contributed by atoms with Crippen molar-refractivity contribution in [3.63, 3.8) is 0 Å². The van der Waals surface area contributed by atoms with Gasteiger partial charge < -0.3 is 10.2 Å². The first-order valence-electron chi connectivity index (χ1n) is 6.12. The Morgan fingerprint density at radius 2 is 2.18 bits per heavy atom. The first-order valence-corrected chi connectivity index (χ1v) is 7.00. The molecule has 0 saturated carbocycles. The van der Waals surface area contributed by atoms with Crippen molar-refractivity contribution >= 4 is 33.3 Å². The van der Waals surface area contributed by atoms with E-state index in [1.54, 1.807) is 11.3 Å². The van der Waals surface area contributed by atoms with Gasteiger partial charge in [0, 0.05) is 19.6 Å². The molecule has 90 valence electrons. The fourth-order valence-corrected chi connectivity index (χ4v) is 3.01. The molecular weight excluding hydrogens is 232 g/mol. The van der Waals surface area contributed by atoms with Crippen LogP contribution in [0.5, 0.6) is 0 Å². The van der Waals surface area contributed by atoms with Gasteiger partial charge in [-0.05, 0) is 31.2 Å². The number of fused-ring (bicyclic) bond motifs is 1. The van der Waals surface area contributed by atoms with Crippen molar-refractivity contribution < 1.29 is 0 Å². The summed E-state index contributed by atoms with van der Waals surface area (Å²) >= 11 is 1.68. The maximum atomic E-state index is 4.66. The molecule has 5 heteroatoms. The third kappa shape index (κ3) is 1.95. The molecule has 17 heavy (non-hydrogen) atoms. The Labute approximate surface area is 105 Å². The van der Waals surface area contributed by atoms with Crippen LogP contribution in [0.15, 0.2) is 11.4 Å². The topological polar surface area (TPSA) is 41.1 Å². The van der Waals surface area contributed by atoms with E-state index >= 15 is 0 Å². The maximum Gasteiger partial charge on any atom is 0.226 e. The summed E-state index contributed by atoms with van der Waals surface area (Å²) in [5.41, 5.74) is 0. The van der Waals surface area contributed by atoms with Gasteiger partial charge in [-0.1, -0.05) is 0 Å². The molecule has 2 aromatic rings. The molecule has 1 aliphatic heterocycles. The van der Waals surface area contributed by atoms with E-state index in [0.717, 1.165) is 36.2 Å². The second kappa shape index (κ2) is 4.49. The van der Waals surface area contributed by atoms with Crippen LogP contribution in [-0.2, 0) is 0 Å². The van der Waals surface area contributed by atoms with Gasteiger partial charge in [0.2, 0.25) is 5.95 Å². The normalized spacial score (nSPS) is 15.7. The average Bonchev–Trinajstić information content (AvgIpc) is 2.99. The lowest BCUT2D eigenvalue weighted by atomic mass is 10.3. The van der Waals surface area contributed by atoms with Crippen LogP contribution in [0, 0.1) is 0 Å². The summed E-state index contributed by atoms with van der Waals surface area (Å²) in [7, 11) is 0. The number of aromatic nitrogens is 2. The van der Waals surface area contributed by atoms with Gasteiger partial charge in [-0.3, -0.25) is 0 Å². The highest BCUT2D eigenvalue weighted by Gasteiger charge is 2.18. The third-order valence-electron chi connectivity index (χ3n) is 3.05. The van der Waals surface area contributed by atoms with E-state index in [1.165, 1.54) is 18.2 Å². The maximum absolute atomic E-state index is 4.66. The molecule has 4 nitrogen and oxygen atoms in total. The molecule has 0 radical (unpaired) electrons. The minimum atomic E-state index is 0.754. The fraction of sp³-hybridized carbons (Fsp3) is 0.500. The summed E-state index contributed by atoms with van der Waals surface area (Å²) in [4.78, 5) is 12.6. The van der Waals surface area contributed by atoms with Gasteiger partial charge in [-0.15, -0.1) is 11.3 Å². The molecular formula is C12H16N4S. The van der Waals surface area contributed by atoms with E-state index in [-0.39, 0.29) is 0 Å². The molecule has 0 spiro atoms. The summed E-state index contributed by atoms with van der Waals surface area (Å²) in [5.74, 6) is 1.86. The average molecular weight is 248 g/mol. The van der Waals surface area contributed by atoms with Crippen molar-refractivity contribution in [2.45, 2.75) is 19.8 Å². The van der Waals surface area contributed by atoms with Crippen LogP contribution in [0.25, 0.3) is 10.2 Å². The highest BCUT2D eigenvalue weighted by Crippen LogP contribution is 2.30. The van der Waals surface area contributed by atoms with Crippen LogP contribution >= 0.6 is 11.3 Å². The molecule has 1 fully saturated rings. The monoisotopic (exact) mass is 248 g/mol. The lowest BCUT2D eigenvalue weighted by Gasteiger charge is -2.18. The number of anilines is 2. The lowest BCUT2D eigenvalue weighted by molar-refractivity contribution is 0.938. The Hall–Kier alpha value is -1.36. The van der Waals surface area contributed by atoms with Crippen LogP contribution in [0.2, 0.25) is 0 Å². The number of thiophene rings is 1. The van der Waals surface area contributed by atoms with Crippen molar-refractivity contribution in [2.24, 2.45) is 0 Å². The third-order valence-corrected chi connectivity index (χ3v) is 3.85. The van der Waals surface area contributed by atoms with Gasteiger partial charge in [0.25, 0.3) is 0 Å². The Kier molecular flexibility index (Phi) is 2.84. The predicted molar refractivity (Wildman–Crippen MR) is 73.0 cm³/mol. The quantitative estimate of drug-likeness (QED) is 0.906. The summed E-state index contributed by atoms with van der Waals surface area (Å²) in [6, 6.07) is 2.13. The zero-order chi connectivity index (χ0) is 11.7. The second-order valence-electron chi connectivity index (χ2n) is 4.23. The van der Waals surface area contributed by atoms with Crippen LogP contribution in [0.4, 0.5) is 11.8 Å². The van der Waals surface area contributed by atoms with Crippen molar-refractivity contribution in [3.05, 3.63) is 11.4 Å². The van der Waals surface area contributed by atoms with E-state index in [9.17, 15) is 0 Å². The smallest absolute Gasteiger partial charge is 0.226 e. The first kappa shape index (κ1) is 10.8. The van der Waals surface area contributed by atoms with Crippen molar-refractivity contribution in [1.29, 1.82) is 0 Å². The number of rotatable bonds is 3. The highest BCUT2D eigenvalue weighted by atomic mass is 32.1. The molecule has 1 N–H and O–H groups in total. The number of hydrogen-bond donors (Lipinski definition) is 1. The van der Waals surface area contributed by atoms with E-state index < -0.39 is 0 Å². The highest BCUT2D eigenvalue weighted by molar-refractivity contribution is 7.16. The summed E-state index contributed by atoms with van der Waals surface area (Å²) < 4.78 is 0. The molecule has 0 aliphatic carbocycles. The summed E-state index contributed by atoms with van der Waals surface area (Å²) in [5, 5.41) is 6.50. The van der Waals surface area contributed by atoms with Crippen molar-refractivity contribution in [1.82, 2.24) is 9.97 Å². The molecule has 0 unspecified atom stereocenters. The van der Waals surface area contributed by atoms with Gasteiger partial charge in [0.05, 0.1) is 5.39 Å². The van der Waals surface area contributed by atoms with Gasteiger partial charge in [-0.25, -0.2) is 4.98 Å². The predicted octanol–water partition coefficient (Wildman–Crippen LogP) is 2.72. The van der Waals surface area contributed by atoms with Crippen LogP contribution in [0.1, 0.15) is 19.8 Å². The van der Waals surface area contributed by atoms with Crippen molar-refractivity contribution in [3.8, 4) is 0 Å². The standard InChI is InChI=1S/C12H16N4S/c1-2-13-12-14-10(16-6-3-4-7-16)9-5-8-17-11(9)15-12/h5,8H,2-4,6-7H2,1H3,(H,13,14,15). The van der Waals surface area contributed by atoms with Gasteiger partial charge >= 0.3 is 0 Å². The van der Waals surface area contributed by atoms with E-state index in [2.05, 4.69) is 38.6 Å². The molecule has 3 heterocycles. The molecule has 0 aromatic carbocycles. The minimum absolute atomic E-state index is 0.754. The number of nitrogens with zero attached hydrogens (tertiary/aromatic N) is 3. The Balaban J connectivity index is 2.09. The van der Waals surface area contributed by atoms with Crippen LogP contribution < -0.4 is 10.2 Å². The largest absolute Gasteiger partial charge is 0.356 e. The van der Waals surface area contributed by atoms with Crippen LogP contribution in [-0.4, -0.2) is 29.6 Å². The number of hydrogen-bond acceptors (Lipinski definition) is 5. The molecule has 1 aliphatic rings. The fourth-order valence-electron chi connectivity index (χ4n) is 2.25. The first-order chi connectivity index (χ1) is 8.38. The van der Waals surface area contributed by atoms with E-state index in [0.29, 0.717) is 0 Å². The molecule has 0 bridgehead atoms. The molecule has 0 amide bonds. The second-order valence-corrected chi connectivity index (χ2v) is 5.13. The van der Waals surface area contributed by atoms with Gasteiger partial charge in [-0.2, -0.15) is 4.98 Å². The zero-order valence-electron chi connectivity index (χ0n) is 9.94. The summed E-state index contributed by atoms with van der Waals surface area (Å²) in [6.45, 7) is 5.16. The SMILES string of the molecule is CCNc1nc(N2CCCC2)c2ccsc2n1. The number of nitrogens with one attached hydrogen (secondary N) is 1. The van der Waals surface area contributed by atoms with Crippen LogP contribution in [0.3, 0.4) is 0 Å².